The molecule has 0 spiro atoms. The molecule has 1 aromatic rings. The van der Waals surface area contributed by atoms with Gasteiger partial charge in [0.2, 0.25) is 0 Å². The minimum absolute atomic E-state index is 0.523. The van der Waals surface area contributed by atoms with E-state index in [9.17, 15) is 0 Å². The Kier molecular flexibility index (Phi) is 5.86. The van der Waals surface area contributed by atoms with E-state index < -0.39 is 0 Å². The molecule has 0 aromatic carbocycles. The summed E-state index contributed by atoms with van der Waals surface area (Å²) in [5.41, 5.74) is 1.63. The number of thiophene rings is 1. The van der Waals surface area contributed by atoms with Gasteiger partial charge in [-0.15, -0.1) is 11.3 Å². The predicted octanol–water partition coefficient (Wildman–Crippen LogP) is 3.62. The summed E-state index contributed by atoms with van der Waals surface area (Å²) in [6.07, 6.45) is 7.95. The molecule has 0 saturated carbocycles. The van der Waals surface area contributed by atoms with Gasteiger partial charge in [-0.05, 0) is 84.3 Å². The molecule has 3 heteroatoms. The molecular formula is C16H28N2S. The lowest BCUT2D eigenvalue weighted by Gasteiger charge is -2.13. The summed E-state index contributed by atoms with van der Waals surface area (Å²) in [6.45, 7) is 4.64. The first-order valence-corrected chi connectivity index (χ1v) is 8.48. The summed E-state index contributed by atoms with van der Waals surface area (Å²) < 4.78 is 0. The summed E-state index contributed by atoms with van der Waals surface area (Å²) in [7, 11) is 4.29. The van der Waals surface area contributed by atoms with E-state index in [-0.39, 0.29) is 0 Å². The average Bonchev–Trinajstić information content (AvgIpc) is 2.81. The van der Waals surface area contributed by atoms with E-state index in [1.165, 1.54) is 45.1 Å². The third kappa shape index (κ3) is 4.59. The van der Waals surface area contributed by atoms with Crippen molar-refractivity contribution in [2.24, 2.45) is 0 Å². The third-order valence-corrected chi connectivity index (χ3v) is 5.34. The number of hydrogen-bond acceptors (Lipinski definition) is 3. The highest BCUT2D eigenvalue weighted by Gasteiger charge is 2.16. The number of nitrogens with zero attached hydrogens (tertiary/aromatic N) is 1. The van der Waals surface area contributed by atoms with E-state index in [0.29, 0.717) is 6.04 Å². The average molecular weight is 280 g/mol. The van der Waals surface area contributed by atoms with E-state index in [1.807, 2.05) is 11.3 Å². The normalized spacial score (nSPS) is 16.6. The molecule has 19 heavy (non-hydrogen) atoms. The topological polar surface area (TPSA) is 15.3 Å². The molecule has 0 radical (unpaired) electrons. The van der Waals surface area contributed by atoms with Gasteiger partial charge in [-0.2, -0.15) is 0 Å². The first-order chi connectivity index (χ1) is 9.16. The minimum Gasteiger partial charge on any atom is -0.309 e. The zero-order valence-electron chi connectivity index (χ0n) is 12.7. The van der Waals surface area contributed by atoms with Crippen molar-refractivity contribution in [3.8, 4) is 0 Å². The van der Waals surface area contributed by atoms with Crippen molar-refractivity contribution in [2.45, 2.75) is 51.5 Å². The smallest absolute Gasteiger partial charge is 0.0386 e. The van der Waals surface area contributed by atoms with Crippen molar-refractivity contribution < 1.29 is 0 Å². The number of fused-ring (bicyclic) bond motifs is 1. The van der Waals surface area contributed by atoms with Gasteiger partial charge in [0, 0.05) is 15.8 Å². The van der Waals surface area contributed by atoms with E-state index in [0.717, 1.165) is 6.54 Å². The van der Waals surface area contributed by atoms with Crippen molar-refractivity contribution >= 4 is 11.3 Å². The molecule has 0 saturated heterocycles. The monoisotopic (exact) mass is 280 g/mol. The fourth-order valence-corrected chi connectivity index (χ4v) is 3.98. The molecule has 0 fully saturated rings. The van der Waals surface area contributed by atoms with Crippen molar-refractivity contribution in [1.82, 2.24) is 10.2 Å². The van der Waals surface area contributed by atoms with Gasteiger partial charge in [0.25, 0.3) is 0 Å². The molecule has 108 valence electrons. The second-order valence-electron chi connectivity index (χ2n) is 5.99. The third-order valence-electron chi connectivity index (χ3n) is 3.93. The highest BCUT2D eigenvalue weighted by molar-refractivity contribution is 7.12. The maximum Gasteiger partial charge on any atom is 0.0386 e. The molecule has 0 amide bonds. The zero-order valence-corrected chi connectivity index (χ0v) is 13.5. The van der Waals surface area contributed by atoms with Crippen LogP contribution in [0.5, 0.6) is 0 Å². The quantitative estimate of drug-likeness (QED) is 0.767. The molecule has 2 nitrogen and oxygen atoms in total. The Morgan fingerprint density at radius 3 is 2.79 bits per heavy atom. The van der Waals surface area contributed by atoms with E-state index in [1.54, 1.807) is 15.3 Å². The molecule has 1 aliphatic rings. The lowest BCUT2D eigenvalue weighted by atomic mass is 9.99. The Hall–Kier alpha value is -0.380. The van der Waals surface area contributed by atoms with Crippen LogP contribution < -0.4 is 5.32 Å². The maximum absolute atomic E-state index is 3.67. The fourth-order valence-electron chi connectivity index (χ4n) is 2.70. The number of aryl methyl sites for hydroxylation is 2. The van der Waals surface area contributed by atoms with Gasteiger partial charge in [-0.3, -0.25) is 0 Å². The molecule has 1 unspecified atom stereocenters. The molecule has 1 aliphatic carbocycles. The van der Waals surface area contributed by atoms with Crippen molar-refractivity contribution in [2.75, 3.05) is 27.2 Å². The fraction of sp³-hybridized carbons (Fsp3) is 0.750. The van der Waals surface area contributed by atoms with Crippen molar-refractivity contribution in [3.63, 3.8) is 0 Å². The van der Waals surface area contributed by atoms with Gasteiger partial charge < -0.3 is 10.2 Å². The van der Waals surface area contributed by atoms with Gasteiger partial charge >= 0.3 is 0 Å². The Morgan fingerprint density at radius 2 is 2.05 bits per heavy atom. The predicted molar refractivity (Wildman–Crippen MR) is 85.2 cm³/mol. The van der Waals surface area contributed by atoms with Crippen LogP contribution in [0.25, 0.3) is 0 Å². The molecule has 1 aromatic heterocycles. The van der Waals surface area contributed by atoms with Crippen LogP contribution in [-0.2, 0) is 12.8 Å². The highest BCUT2D eigenvalue weighted by Crippen LogP contribution is 2.32. The number of rotatable bonds is 7. The number of hydrogen-bond donors (Lipinski definition) is 1. The van der Waals surface area contributed by atoms with Crippen LogP contribution in [0.3, 0.4) is 0 Å². The van der Waals surface area contributed by atoms with Crippen LogP contribution in [0, 0.1) is 0 Å². The summed E-state index contributed by atoms with van der Waals surface area (Å²) in [6, 6.07) is 2.98. The van der Waals surface area contributed by atoms with E-state index in [4.69, 9.17) is 0 Å². The summed E-state index contributed by atoms with van der Waals surface area (Å²) in [4.78, 5) is 5.46. The maximum atomic E-state index is 3.67. The molecular weight excluding hydrogens is 252 g/mol. The second kappa shape index (κ2) is 7.41. The number of nitrogens with one attached hydrogen (secondary N) is 1. The summed E-state index contributed by atoms with van der Waals surface area (Å²) in [5, 5.41) is 3.67. The van der Waals surface area contributed by atoms with Gasteiger partial charge in [-0.1, -0.05) is 0 Å². The lowest BCUT2D eigenvalue weighted by molar-refractivity contribution is 0.389. The van der Waals surface area contributed by atoms with Crippen molar-refractivity contribution in [3.05, 3.63) is 21.4 Å². The molecule has 0 bridgehead atoms. The van der Waals surface area contributed by atoms with Crippen LogP contribution in [0.2, 0.25) is 0 Å². The first kappa shape index (κ1) is 15.0. The van der Waals surface area contributed by atoms with Crippen LogP contribution in [0.4, 0.5) is 0 Å². The summed E-state index contributed by atoms with van der Waals surface area (Å²) in [5.74, 6) is 0. The van der Waals surface area contributed by atoms with Crippen LogP contribution in [0.15, 0.2) is 6.07 Å². The molecule has 1 atom stereocenters. The van der Waals surface area contributed by atoms with E-state index >= 15 is 0 Å². The van der Waals surface area contributed by atoms with Gasteiger partial charge in [-0.25, -0.2) is 0 Å². The summed E-state index contributed by atoms with van der Waals surface area (Å²) >= 11 is 2.04. The lowest BCUT2D eigenvalue weighted by Crippen LogP contribution is -2.20. The molecule has 1 N–H and O–H groups in total. The Labute approximate surface area is 122 Å². The van der Waals surface area contributed by atoms with Crippen LogP contribution in [-0.4, -0.2) is 32.1 Å². The van der Waals surface area contributed by atoms with Gasteiger partial charge in [0.05, 0.1) is 0 Å². The molecule has 2 rings (SSSR count). The number of unbranched alkanes of at least 4 members (excludes halogenated alkanes) is 1. The zero-order chi connectivity index (χ0) is 13.7. The molecule has 1 heterocycles. The first-order valence-electron chi connectivity index (χ1n) is 7.66. The van der Waals surface area contributed by atoms with Crippen LogP contribution in [0.1, 0.15) is 54.0 Å². The largest absolute Gasteiger partial charge is 0.309 e. The standard InChI is InChI=1S/C16H28N2S/c1-13(17-10-6-7-11-18(2)3)16-12-14-8-4-5-9-15(14)19-16/h12-13,17H,4-11H2,1-3H3. The molecule has 0 aliphatic heterocycles. The van der Waals surface area contributed by atoms with Gasteiger partial charge in [0.15, 0.2) is 0 Å². The van der Waals surface area contributed by atoms with Gasteiger partial charge in [0.1, 0.15) is 0 Å². The second-order valence-corrected chi connectivity index (χ2v) is 7.16. The minimum atomic E-state index is 0.523. The Bertz CT molecular complexity index is 361. The Morgan fingerprint density at radius 1 is 1.26 bits per heavy atom. The Balaban J connectivity index is 1.73. The highest BCUT2D eigenvalue weighted by atomic mass is 32.1. The van der Waals surface area contributed by atoms with Crippen molar-refractivity contribution in [1.29, 1.82) is 0 Å². The van der Waals surface area contributed by atoms with Crippen LogP contribution >= 0.6 is 11.3 Å². The SMILES string of the molecule is CC(NCCCCN(C)C)c1cc2c(s1)CCCC2. The van der Waals surface area contributed by atoms with E-state index in [2.05, 4.69) is 37.3 Å².